The fourth-order valence-corrected chi connectivity index (χ4v) is 1.06. The van der Waals surface area contributed by atoms with E-state index in [4.69, 9.17) is 5.11 Å². The number of halogens is 3. The van der Waals surface area contributed by atoms with E-state index in [-0.39, 0.29) is 6.20 Å². The highest BCUT2D eigenvalue weighted by Gasteiger charge is 2.32. The number of carbonyl (C=O) groups is 1. The van der Waals surface area contributed by atoms with Crippen LogP contribution in [0.15, 0.2) is 6.20 Å². The number of aromatic carboxylic acids is 1. The van der Waals surface area contributed by atoms with Gasteiger partial charge in [0.1, 0.15) is 17.3 Å². The molecule has 1 rings (SSSR count). The van der Waals surface area contributed by atoms with E-state index in [0.717, 1.165) is 0 Å². The van der Waals surface area contributed by atoms with Gasteiger partial charge in [0.05, 0.1) is 4.92 Å². The third-order valence-electron chi connectivity index (χ3n) is 1.68. The number of rotatable bonds is 3. The standard InChI is InChI=1S/C7H3F3N2O4/c8-5(9)3-2(12(15)16)1-11-6(10)4(3)7(13)14/h1,5H,(H,13,14). The van der Waals surface area contributed by atoms with Crippen LogP contribution < -0.4 is 0 Å². The molecule has 0 aromatic carbocycles. The molecule has 0 atom stereocenters. The lowest BCUT2D eigenvalue weighted by Gasteiger charge is -2.05. The number of carboxylic acid groups (broad SMARTS) is 1. The summed E-state index contributed by atoms with van der Waals surface area (Å²) in [6.07, 6.45) is -3.23. The second kappa shape index (κ2) is 4.13. The van der Waals surface area contributed by atoms with Crippen LogP contribution in [0.4, 0.5) is 18.9 Å². The van der Waals surface area contributed by atoms with E-state index in [1.807, 2.05) is 0 Å². The van der Waals surface area contributed by atoms with Crippen molar-refractivity contribution in [3.8, 4) is 0 Å². The monoisotopic (exact) mass is 236 g/mol. The molecule has 16 heavy (non-hydrogen) atoms. The van der Waals surface area contributed by atoms with Gasteiger partial charge < -0.3 is 5.11 Å². The molecule has 9 heteroatoms. The minimum absolute atomic E-state index is 0.253. The number of hydrogen-bond donors (Lipinski definition) is 1. The SMILES string of the molecule is O=C(O)c1c(F)ncc([N+](=O)[O-])c1C(F)F. The van der Waals surface area contributed by atoms with Crippen molar-refractivity contribution in [2.24, 2.45) is 0 Å². The Labute approximate surface area is 85.5 Å². The van der Waals surface area contributed by atoms with Gasteiger partial charge in [-0.3, -0.25) is 10.1 Å². The van der Waals surface area contributed by atoms with Gasteiger partial charge in [0.2, 0.25) is 5.95 Å². The molecule has 0 saturated heterocycles. The number of hydrogen-bond acceptors (Lipinski definition) is 4. The predicted molar refractivity (Wildman–Crippen MR) is 42.8 cm³/mol. The van der Waals surface area contributed by atoms with Gasteiger partial charge in [0, 0.05) is 0 Å². The zero-order valence-electron chi connectivity index (χ0n) is 7.35. The van der Waals surface area contributed by atoms with Gasteiger partial charge >= 0.3 is 5.97 Å². The second-order valence-corrected chi connectivity index (χ2v) is 2.59. The quantitative estimate of drug-likeness (QED) is 0.490. The van der Waals surface area contributed by atoms with Crippen LogP contribution in [0.25, 0.3) is 0 Å². The molecule has 0 aliphatic rings. The van der Waals surface area contributed by atoms with Crippen molar-refractivity contribution < 1.29 is 28.0 Å². The Kier molecular flexibility index (Phi) is 3.06. The zero-order chi connectivity index (χ0) is 12.5. The van der Waals surface area contributed by atoms with Gasteiger partial charge in [-0.05, 0) is 0 Å². The van der Waals surface area contributed by atoms with E-state index in [1.54, 1.807) is 0 Å². The first-order chi connectivity index (χ1) is 7.36. The molecule has 0 bridgehead atoms. The lowest BCUT2D eigenvalue weighted by molar-refractivity contribution is -0.386. The highest BCUT2D eigenvalue weighted by Crippen LogP contribution is 2.32. The first-order valence-corrected chi connectivity index (χ1v) is 3.70. The van der Waals surface area contributed by atoms with Crippen molar-refractivity contribution in [2.75, 3.05) is 0 Å². The minimum Gasteiger partial charge on any atom is -0.478 e. The topological polar surface area (TPSA) is 93.3 Å². The van der Waals surface area contributed by atoms with Crippen LogP contribution in [0.5, 0.6) is 0 Å². The molecule has 6 nitrogen and oxygen atoms in total. The van der Waals surface area contributed by atoms with Crippen LogP contribution in [0.2, 0.25) is 0 Å². The van der Waals surface area contributed by atoms with Crippen molar-refractivity contribution in [3.63, 3.8) is 0 Å². The summed E-state index contributed by atoms with van der Waals surface area (Å²) < 4.78 is 37.7. The largest absolute Gasteiger partial charge is 0.478 e. The molecule has 0 aliphatic carbocycles. The molecule has 0 saturated carbocycles. The number of carboxylic acids is 1. The average molecular weight is 236 g/mol. The fraction of sp³-hybridized carbons (Fsp3) is 0.143. The van der Waals surface area contributed by atoms with E-state index >= 15 is 0 Å². The summed E-state index contributed by atoms with van der Waals surface area (Å²) in [6, 6.07) is 0. The maximum atomic E-state index is 12.9. The Balaban J connectivity index is 3.63. The smallest absolute Gasteiger partial charge is 0.341 e. The van der Waals surface area contributed by atoms with Crippen molar-refractivity contribution in [1.82, 2.24) is 4.98 Å². The van der Waals surface area contributed by atoms with E-state index < -0.39 is 40.1 Å². The molecule has 86 valence electrons. The molecular weight excluding hydrogens is 233 g/mol. The Bertz CT molecular complexity index is 463. The fourth-order valence-electron chi connectivity index (χ4n) is 1.06. The van der Waals surface area contributed by atoms with Crippen LogP contribution in [0, 0.1) is 16.1 Å². The van der Waals surface area contributed by atoms with E-state index in [1.165, 1.54) is 0 Å². The van der Waals surface area contributed by atoms with Crippen LogP contribution in [0.1, 0.15) is 22.3 Å². The van der Waals surface area contributed by atoms with Crippen molar-refractivity contribution in [2.45, 2.75) is 6.43 Å². The number of alkyl halides is 2. The van der Waals surface area contributed by atoms with Crippen LogP contribution >= 0.6 is 0 Å². The van der Waals surface area contributed by atoms with Crippen molar-refractivity contribution >= 4 is 11.7 Å². The third-order valence-corrected chi connectivity index (χ3v) is 1.68. The van der Waals surface area contributed by atoms with E-state index in [9.17, 15) is 28.1 Å². The molecule has 1 N–H and O–H groups in total. The van der Waals surface area contributed by atoms with Gasteiger partial charge in [-0.25, -0.2) is 18.6 Å². The first-order valence-electron chi connectivity index (χ1n) is 3.70. The Morgan fingerprint density at radius 2 is 2.12 bits per heavy atom. The molecule has 0 spiro atoms. The van der Waals surface area contributed by atoms with Crippen molar-refractivity contribution in [1.29, 1.82) is 0 Å². The summed E-state index contributed by atoms with van der Waals surface area (Å²) in [5, 5.41) is 18.8. The lowest BCUT2D eigenvalue weighted by atomic mass is 10.1. The molecule has 1 heterocycles. The first kappa shape index (κ1) is 11.9. The van der Waals surface area contributed by atoms with Crippen LogP contribution in [-0.4, -0.2) is 21.0 Å². The molecule has 1 aromatic rings. The Hall–Kier alpha value is -2.19. The average Bonchev–Trinajstić information content (AvgIpc) is 2.15. The third kappa shape index (κ3) is 1.92. The molecule has 0 radical (unpaired) electrons. The maximum Gasteiger partial charge on any atom is 0.341 e. The van der Waals surface area contributed by atoms with Gasteiger partial charge in [0.25, 0.3) is 12.1 Å². The van der Waals surface area contributed by atoms with Crippen LogP contribution in [-0.2, 0) is 0 Å². The second-order valence-electron chi connectivity index (χ2n) is 2.59. The number of nitrogens with zero attached hydrogens (tertiary/aromatic N) is 2. The van der Waals surface area contributed by atoms with Crippen molar-refractivity contribution in [3.05, 3.63) is 33.4 Å². The predicted octanol–water partition coefficient (Wildman–Crippen LogP) is 1.76. The van der Waals surface area contributed by atoms with Gasteiger partial charge in [-0.1, -0.05) is 0 Å². The Morgan fingerprint density at radius 3 is 2.50 bits per heavy atom. The highest BCUT2D eigenvalue weighted by atomic mass is 19.3. The molecular formula is C7H3F3N2O4. The lowest BCUT2D eigenvalue weighted by Crippen LogP contribution is -2.11. The molecule has 0 fully saturated rings. The summed E-state index contributed by atoms with van der Waals surface area (Å²) in [5.41, 5.74) is -4.19. The number of pyridine rings is 1. The summed E-state index contributed by atoms with van der Waals surface area (Å²) in [4.78, 5) is 22.3. The van der Waals surface area contributed by atoms with E-state index in [0.29, 0.717) is 0 Å². The summed E-state index contributed by atoms with van der Waals surface area (Å²) in [5.74, 6) is -3.72. The molecule has 1 aromatic heterocycles. The number of aromatic nitrogens is 1. The van der Waals surface area contributed by atoms with Gasteiger partial charge in [-0.2, -0.15) is 4.39 Å². The number of nitro groups is 1. The normalized spacial score (nSPS) is 10.5. The maximum absolute atomic E-state index is 12.9. The summed E-state index contributed by atoms with van der Waals surface area (Å²) in [6.45, 7) is 0. The summed E-state index contributed by atoms with van der Waals surface area (Å²) >= 11 is 0. The zero-order valence-corrected chi connectivity index (χ0v) is 7.35. The summed E-state index contributed by atoms with van der Waals surface area (Å²) in [7, 11) is 0. The van der Waals surface area contributed by atoms with Crippen LogP contribution in [0.3, 0.4) is 0 Å². The minimum atomic E-state index is -3.48. The highest BCUT2D eigenvalue weighted by molar-refractivity contribution is 5.90. The molecule has 0 aliphatic heterocycles. The van der Waals surface area contributed by atoms with Gasteiger partial charge in [0.15, 0.2) is 0 Å². The molecule has 0 unspecified atom stereocenters. The van der Waals surface area contributed by atoms with Gasteiger partial charge in [-0.15, -0.1) is 0 Å². The van der Waals surface area contributed by atoms with E-state index in [2.05, 4.69) is 4.98 Å². The molecule has 0 amide bonds. The Morgan fingerprint density at radius 1 is 1.56 bits per heavy atom.